The van der Waals surface area contributed by atoms with Crippen LogP contribution in [0.4, 0.5) is 0 Å². The number of aromatic nitrogens is 2. The maximum Gasteiger partial charge on any atom is 0.178 e. The molecule has 2 aromatic rings. The smallest absolute Gasteiger partial charge is 0.178 e. The number of aromatic amines is 1. The third-order valence-electron chi connectivity index (χ3n) is 2.68. The van der Waals surface area contributed by atoms with E-state index in [2.05, 4.69) is 4.98 Å². The molecule has 1 atom stereocenters. The van der Waals surface area contributed by atoms with Crippen molar-refractivity contribution in [3.63, 3.8) is 0 Å². The molecule has 0 saturated heterocycles. The van der Waals surface area contributed by atoms with E-state index in [1.54, 1.807) is 12.1 Å². The van der Waals surface area contributed by atoms with Crippen molar-refractivity contribution in [2.24, 2.45) is 0 Å². The molecule has 0 aliphatic rings. The van der Waals surface area contributed by atoms with Crippen molar-refractivity contribution in [2.75, 3.05) is 11.5 Å². The van der Waals surface area contributed by atoms with Gasteiger partial charge in [-0.05, 0) is 24.4 Å². The van der Waals surface area contributed by atoms with Crippen LogP contribution in [0.2, 0.25) is 10.0 Å². The van der Waals surface area contributed by atoms with Gasteiger partial charge in [-0.2, -0.15) is 0 Å². The Balaban J connectivity index is 2.44. The predicted molar refractivity (Wildman–Crippen MR) is 80.7 cm³/mol. The molecular weight excluding hydrogens is 311 g/mol. The Hall–Kier alpha value is -0.360. The average molecular weight is 323 g/mol. The third kappa shape index (κ3) is 2.79. The summed E-state index contributed by atoms with van der Waals surface area (Å²) in [5.41, 5.74) is 1.74. The standard InChI is InChI=1S/C11H12Cl2N2OS2/c1-2-18(16)4-3-15-10-6-8(13)7(12)5-9(10)14-11(15)17/h5-6H,2-4H2,1H3,(H,14,17). The van der Waals surface area contributed by atoms with Gasteiger partial charge in [0.2, 0.25) is 0 Å². The Labute approximate surface area is 123 Å². The van der Waals surface area contributed by atoms with Crippen molar-refractivity contribution in [3.8, 4) is 0 Å². The summed E-state index contributed by atoms with van der Waals surface area (Å²) in [6.45, 7) is 2.51. The summed E-state index contributed by atoms with van der Waals surface area (Å²) >= 11 is 17.2. The van der Waals surface area contributed by atoms with Crippen molar-refractivity contribution >= 4 is 57.3 Å². The van der Waals surface area contributed by atoms with E-state index in [4.69, 9.17) is 35.4 Å². The molecule has 1 unspecified atom stereocenters. The summed E-state index contributed by atoms with van der Waals surface area (Å²) in [7, 11) is -0.813. The molecule has 0 saturated carbocycles. The molecular formula is C11H12Cl2N2OS2. The van der Waals surface area contributed by atoms with Gasteiger partial charge < -0.3 is 9.55 Å². The van der Waals surface area contributed by atoms with E-state index in [1.165, 1.54) is 0 Å². The maximum atomic E-state index is 11.5. The van der Waals surface area contributed by atoms with Gasteiger partial charge in [0.15, 0.2) is 4.77 Å². The zero-order valence-electron chi connectivity index (χ0n) is 9.70. The molecule has 2 rings (SSSR count). The first-order valence-electron chi connectivity index (χ1n) is 5.45. The molecule has 0 bridgehead atoms. The summed E-state index contributed by atoms with van der Waals surface area (Å²) in [4.78, 5) is 3.07. The minimum absolute atomic E-state index is 0.489. The SMILES string of the molecule is CCS(=O)CCn1c(=S)[nH]c2cc(Cl)c(Cl)cc21. The monoisotopic (exact) mass is 322 g/mol. The Kier molecular flexibility index (Phi) is 4.48. The van der Waals surface area contributed by atoms with Crippen LogP contribution >= 0.6 is 35.4 Å². The van der Waals surface area contributed by atoms with Crippen LogP contribution in [0.5, 0.6) is 0 Å². The summed E-state index contributed by atoms with van der Waals surface area (Å²) < 4.78 is 14.0. The van der Waals surface area contributed by atoms with E-state index in [0.29, 0.717) is 32.9 Å². The maximum absolute atomic E-state index is 11.5. The second kappa shape index (κ2) is 5.74. The van der Waals surface area contributed by atoms with Crippen LogP contribution in [0.15, 0.2) is 12.1 Å². The van der Waals surface area contributed by atoms with Gasteiger partial charge in [-0.25, -0.2) is 0 Å². The second-order valence-electron chi connectivity index (χ2n) is 3.80. The molecule has 1 heterocycles. The molecule has 0 aliphatic carbocycles. The fraction of sp³-hybridized carbons (Fsp3) is 0.364. The highest BCUT2D eigenvalue weighted by molar-refractivity contribution is 7.84. The summed E-state index contributed by atoms with van der Waals surface area (Å²) in [5.74, 6) is 1.24. The second-order valence-corrected chi connectivity index (χ2v) is 6.86. The van der Waals surface area contributed by atoms with Crippen LogP contribution in [-0.4, -0.2) is 25.3 Å². The molecule has 1 N–H and O–H groups in total. The predicted octanol–water partition coefficient (Wildman–Crippen LogP) is 3.77. The van der Waals surface area contributed by atoms with Gasteiger partial charge in [0.1, 0.15) is 0 Å². The molecule has 0 spiro atoms. The van der Waals surface area contributed by atoms with E-state index in [9.17, 15) is 4.21 Å². The Bertz CT molecular complexity index is 663. The Morgan fingerprint density at radius 2 is 2.06 bits per heavy atom. The first-order valence-corrected chi connectivity index (χ1v) is 8.10. The average Bonchev–Trinajstić information content (AvgIpc) is 2.62. The van der Waals surface area contributed by atoms with E-state index >= 15 is 0 Å². The number of hydrogen-bond acceptors (Lipinski definition) is 2. The lowest BCUT2D eigenvalue weighted by Gasteiger charge is -2.04. The van der Waals surface area contributed by atoms with Crippen LogP contribution in [0.1, 0.15) is 6.92 Å². The van der Waals surface area contributed by atoms with Crippen molar-refractivity contribution in [2.45, 2.75) is 13.5 Å². The van der Waals surface area contributed by atoms with Crippen molar-refractivity contribution in [1.29, 1.82) is 0 Å². The van der Waals surface area contributed by atoms with Crippen molar-refractivity contribution < 1.29 is 4.21 Å². The highest BCUT2D eigenvalue weighted by Gasteiger charge is 2.08. The van der Waals surface area contributed by atoms with Crippen LogP contribution in [0.25, 0.3) is 11.0 Å². The minimum Gasteiger partial charge on any atom is -0.331 e. The topological polar surface area (TPSA) is 37.8 Å². The van der Waals surface area contributed by atoms with Gasteiger partial charge >= 0.3 is 0 Å². The van der Waals surface area contributed by atoms with Gasteiger partial charge in [-0.1, -0.05) is 30.1 Å². The summed E-state index contributed by atoms with van der Waals surface area (Å²) in [5, 5.41) is 0.980. The van der Waals surface area contributed by atoms with Gasteiger partial charge in [-0.3, -0.25) is 4.21 Å². The Morgan fingerprint density at radius 1 is 1.39 bits per heavy atom. The number of aryl methyl sites for hydroxylation is 1. The summed E-state index contributed by atoms with van der Waals surface area (Å²) in [6.07, 6.45) is 0. The molecule has 0 amide bonds. The van der Waals surface area contributed by atoms with Gasteiger partial charge in [-0.15, -0.1) is 0 Å². The molecule has 0 radical (unpaired) electrons. The van der Waals surface area contributed by atoms with E-state index in [-0.39, 0.29) is 0 Å². The van der Waals surface area contributed by atoms with Gasteiger partial charge in [0.05, 0.1) is 21.1 Å². The molecule has 1 aromatic heterocycles. The number of fused-ring (bicyclic) bond motifs is 1. The lowest BCUT2D eigenvalue weighted by molar-refractivity contribution is 0.675. The van der Waals surface area contributed by atoms with E-state index in [1.807, 2.05) is 11.5 Å². The number of H-pyrrole nitrogens is 1. The van der Waals surface area contributed by atoms with E-state index < -0.39 is 10.8 Å². The number of nitrogens with zero attached hydrogens (tertiary/aromatic N) is 1. The lowest BCUT2D eigenvalue weighted by Crippen LogP contribution is -2.08. The van der Waals surface area contributed by atoms with E-state index in [0.717, 1.165) is 11.0 Å². The number of imidazole rings is 1. The third-order valence-corrected chi connectivity index (χ3v) is 5.01. The van der Waals surface area contributed by atoms with Gasteiger partial charge in [0.25, 0.3) is 0 Å². The largest absolute Gasteiger partial charge is 0.331 e. The number of benzene rings is 1. The van der Waals surface area contributed by atoms with Crippen LogP contribution in [0, 0.1) is 4.77 Å². The first-order chi connectivity index (χ1) is 8.52. The molecule has 7 heteroatoms. The Morgan fingerprint density at radius 3 is 2.72 bits per heavy atom. The quantitative estimate of drug-likeness (QED) is 0.870. The highest BCUT2D eigenvalue weighted by atomic mass is 35.5. The zero-order valence-corrected chi connectivity index (χ0v) is 12.8. The zero-order chi connectivity index (χ0) is 13.3. The molecule has 1 aromatic carbocycles. The first kappa shape index (κ1) is 14.1. The van der Waals surface area contributed by atoms with Crippen LogP contribution in [0.3, 0.4) is 0 Å². The normalized spacial score (nSPS) is 13.1. The minimum atomic E-state index is -0.813. The number of rotatable bonds is 4. The van der Waals surface area contributed by atoms with Gasteiger partial charge in [0, 0.05) is 28.9 Å². The fourth-order valence-corrected chi connectivity index (χ4v) is 3.01. The molecule has 18 heavy (non-hydrogen) atoms. The van der Waals surface area contributed by atoms with Crippen LogP contribution in [-0.2, 0) is 17.3 Å². The molecule has 98 valence electrons. The molecule has 3 nitrogen and oxygen atoms in total. The van der Waals surface area contributed by atoms with Crippen molar-refractivity contribution in [3.05, 3.63) is 26.9 Å². The van der Waals surface area contributed by atoms with Crippen molar-refractivity contribution in [1.82, 2.24) is 9.55 Å². The number of halogens is 2. The highest BCUT2D eigenvalue weighted by Crippen LogP contribution is 2.27. The fourth-order valence-electron chi connectivity index (χ4n) is 1.71. The molecule has 0 aliphatic heterocycles. The molecule has 0 fully saturated rings. The number of nitrogens with one attached hydrogen (secondary N) is 1. The lowest BCUT2D eigenvalue weighted by atomic mass is 10.3. The van der Waals surface area contributed by atoms with Crippen LogP contribution < -0.4 is 0 Å². The number of hydrogen-bond donors (Lipinski definition) is 1. The summed E-state index contributed by atoms with van der Waals surface area (Å²) in [6, 6.07) is 3.53.